The molecule has 1 N–H and O–H groups in total. The second kappa shape index (κ2) is 9.06. The number of halogens is 4. The number of benzene rings is 2. The first kappa shape index (κ1) is 26.8. The quantitative estimate of drug-likeness (QED) is 0.211. The molecule has 2 heterocycles. The van der Waals surface area contributed by atoms with Crippen LogP contribution in [-0.2, 0) is 19.2 Å². The van der Waals surface area contributed by atoms with Gasteiger partial charge in [-0.2, -0.15) is 0 Å². The molecule has 202 valence electrons. The van der Waals surface area contributed by atoms with E-state index in [9.17, 15) is 24.3 Å². The topological polar surface area (TPSA) is 95.0 Å². The summed E-state index contributed by atoms with van der Waals surface area (Å²) in [4.78, 5) is 53.4. The van der Waals surface area contributed by atoms with Crippen LogP contribution in [0.2, 0.25) is 5.02 Å². The van der Waals surface area contributed by atoms with Gasteiger partial charge in [-0.05, 0) is 61.1 Å². The molecule has 4 amide bonds. The van der Waals surface area contributed by atoms with E-state index in [1.54, 1.807) is 30.3 Å². The number of aromatic hydroxyl groups is 1. The predicted octanol–water partition coefficient (Wildman–Crippen LogP) is 5.27. The zero-order valence-corrected chi connectivity index (χ0v) is 24.4. The number of carbonyl (C=O) groups is 4. The number of rotatable bonds is 3. The molecule has 6 atom stereocenters. The third-order valence-electron chi connectivity index (χ3n) is 8.65. The number of allylic oxidation sites excluding steroid dienone is 2. The second-order valence-electron chi connectivity index (χ2n) is 10.5. The molecule has 2 aliphatic carbocycles. The molecule has 1 saturated carbocycles. The number of phenols is 1. The number of alkyl halides is 3. The van der Waals surface area contributed by atoms with Crippen molar-refractivity contribution in [3.05, 3.63) is 70.3 Å². The predicted molar refractivity (Wildman–Crippen MR) is 150 cm³/mol. The van der Waals surface area contributed by atoms with Crippen molar-refractivity contribution in [3.8, 4) is 5.75 Å². The van der Waals surface area contributed by atoms with E-state index in [1.807, 2.05) is 13.0 Å². The summed E-state index contributed by atoms with van der Waals surface area (Å²) in [6.45, 7) is 1.83. The summed E-state index contributed by atoms with van der Waals surface area (Å²) >= 11 is 23.9. The Morgan fingerprint density at radius 2 is 1.69 bits per heavy atom. The van der Waals surface area contributed by atoms with Crippen LogP contribution in [0.25, 0.3) is 0 Å². The van der Waals surface area contributed by atoms with Crippen molar-refractivity contribution >= 4 is 80.0 Å². The molecule has 2 aliphatic heterocycles. The first-order valence-electron chi connectivity index (χ1n) is 12.4. The lowest BCUT2D eigenvalue weighted by Crippen LogP contribution is -2.60. The third kappa shape index (κ3) is 3.47. The van der Waals surface area contributed by atoms with Gasteiger partial charge < -0.3 is 5.11 Å². The lowest BCUT2D eigenvalue weighted by molar-refractivity contribution is -0.138. The molecule has 0 radical (unpaired) electrons. The van der Waals surface area contributed by atoms with E-state index in [4.69, 9.17) is 34.8 Å². The molecule has 4 aliphatic rings. The van der Waals surface area contributed by atoms with Crippen molar-refractivity contribution in [1.82, 2.24) is 4.90 Å². The van der Waals surface area contributed by atoms with Gasteiger partial charge in [-0.1, -0.05) is 57.4 Å². The Hall–Kier alpha value is -2.39. The van der Waals surface area contributed by atoms with Crippen LogP contribution in [0.5, 0.6) is 5.75 Å². The van der Waals surface area contributed by atoms with Crippen LogP contribution in [0.15, 0.2) is 54.1 Å². The summed E-state index contributed by atoms with van der Waals surface area (Å²) in [6, 6.07) is 11.2. The minimum absolute atomic E-state index is 0.0180. The van der Waals surface area contributed by atoms with Crippen molar-refractivity contribution in [2.75, 3.05) is 10.4 Å². The number of likely N-dealkylation sites (tertiary alicyclic amines) is 1. The number of fused-ring (bicyclic) bond motifs is 4. The average molecular weight is 653 g/mol. The maximum absolute atomic E-state index is 14.0. The zero-order chi connectivity index (χ0) is 28.0. The maximum Gasteiger partial charge on any atom is 0.254 e. The third-order valence-corrected chi connectivity index (χ3v) is 11.0. The molecule has 0 spiro atoms. The second-order valence-corrected chi connectivity index (χ2v) is 12.7. The minimum atomic E-state index is -1.87. The van der Waals surface area contributed by atoms with Gasteiger partial charge in [0.05, 0.1) is 23.0 Å². The number of phenolic OH excluding ortho intramolecular Hbond substituents is 1. The SMILES string of the molecule is Cc1ccc(N2C(=O)C3CC=C4C(CC5(Cl)C(=O)N(CBr)C(=O)C5(Cl)C4c4ccc(O)cc4)C3C2=O)cc1Cl. The maximum atomic E-state index is 14.0. The van der Waals surface area contributed by atoms with Gasteiger partial charge in [0.25, 0.3) is 11.8 Å². The van der Waals surface area contributed by atoms with E-state index >= 15 is 0 Å². The number of anilines is 1. The van der Waals surface area contributed by atoms with E-state index in [0.29, 0.717) is 21.8 Å². The van der Waals surface area contributed by atoms with E-state index < -0.39 is 51.1 Å². The fourth-order valence-corrected chi connectivity index (χ4v) is 8.37. The summed E-state index contributed by atoms with van der Waals surface area (Å²) in [5.74, 6) is -4.96. The van der Waals surface area contributed by atoms with Gasteiger partial charge in [-0.3, -0.25) is 24.1 Å². The van der Waals surface area contributed by atoms with Crippen LogP contribution in [0.1, 0.15) is 29.9 Å². The highest BCUT2D eigenvalue weighted by Crippen LogP contribution is 2.65. The minimum Gasteiger partial charge on any atom is -0.508 e. The summed E-state index contributed by atoms with van der Waals surface area (Å²) in [5.41, 5.74) is 2.36. The molecular formula is C28H22BrCl3N2O5. The first-order chi connectivity index (χ1) is 18.5. The number of nitrogens with zero attached hydrogens (tertiary/aromatic N) is 2. The Balaban J connectivity index is 1.50. The van der Waals surface area contributed by atoms with Crippen molar-refractivity contribution in [1.29, 1.82) is 0 Å². The molecule has 11 heteroatoms. The van der Waals surface area contributed by atoms with Crippen LogP contribution in [-0.4, -0.2) is 48.8 Å². The fourth-order valence-electron chi connectivity index (χ4n) is 6.77. The molecule has 39 heavy (non-hydrogen) atoms. The van der Waals surface area contributed by atoms with Crippen molar-refractivity contribution in [3.63, 3.8) is 0 Å². The van der Waals surface area contributed by atoms with Crippen molar-refractivity contribution < 1.29 is 24.3 Å². The molecule has 0 bridgehead atoms. The molecule has 0 aromatic heterocycles. The summed E-state index contributed by atoms with van der Waals surface area (Å²) < 4.78 is 0. The van der Waals surface area contributed by atoms with Gasteiger partial charge in [0.2, 0.25) is 11.8 Å². The molecule has 2 aromatic carbocycles. The molecule has 6 unspecified atom stereocenters. The Kier molecular flexibility index (Phi) is 6.23. The van der Waals surface area contributed by atoms with Crippen molar-refractivity contribution in [2.45, 2.75) is 35.4 Å². The Morgan fingerprint density at radius 1 is 1.00 bits per heavy atom. The summed E-state index contributed by atoms with van der Waals surface area (Å²) in [7, 11) is 0. The van der Waals surface area contributed by atoms with Crippen LogP contribution in [0, 0.1) is 24.7 Å². The summed E-state index contributed by atoms with van der Waals surface area (Å²) in [5, 5.41) is 10.4. The van der Waals surface area contributed by atoms with Crippen molar-refractivity contribution in [2.24, 2.45) is 17.8 Å². The van der Waals surface area contributed by atoms with Crippen LogP contribution >= 0.6 is 50.7 Å². The lowest BCUT2D eigenvalue weighted by atomic mass is 9.56. The average Bonchev–Trinajstić information content (AvgIpc) is 3.24. The summed E-state index contributed by atoms with van der Waals surface area (Å²) in [6.07, 6.45) is 2.04. The first-order valence-corrected chi connectivity index (χ1v) is 14.6. The monoisotopic (exact) mass is 650 g/mol. The number of imide groups is 2. The normalized spacial score (nSPS) is 33.7. The number of hydrogen-bond acceptors (Lipinski definition) is 5. The molecular weight excluding hydrogens is 631 g/mol. The lowest BCUT2D eigenvalue weighted by Gasteiger charge is -2.50. The molecule has 2 saturated heterocycles. The molecule has 2 aromatic rings. The van der Waals surface area contributed by atoms with Gasteiger partial charge in [0, 0.05) is 10.9 Å². The van der Waals surface area contributed by atoms with Crippen LogP contribution in [0.3, 0.4) is 0 Å². The molecule has 6 rings (SSSR count). The number of carbonyl (C=O) groups excluding carboxylic acids is 4. The van der Waals surface area contributed by atoms with E-state index in [2.05, 4.69) is 15.9 Å². The molecule has 3 fully saturated rings. The highest BCUT2D eigenvalue weighted by molar-refractivity contribution is 9.09. The van der Waals surface area contributed by atoms with E-state index in [0.717, 1.165) is 10.5 Å². The fraction of sp³-hybridized carbons (Fsp3) is 0.357. The van der Waals surface area contributed by atoms with Gasteiger partial charge in [-0.25, -0.2) is 4.90 Å². The number of amides is 4. The Labute approximate surface area is 247 Å². The largest absolute Gasteiger partial charge is 0.508 e. The van der Waals surface area contributed by atoms with Gasteiger partial charge in [0.15, 0.2) is 9.75 Å². The number of hydrogen-bond donors (Lipinski definition) is 1. The Bertz CT molecular complexity index is 1500. The van der Waals surface area contributed by atoms with Gasteiger partial charge in [0.1, 0.15) is 5.75 Å². The standard InChI is InChI=1S/C28H22BrCl3N2O5/c1-13-2-5-15(10-20(13)30)34-23(36)18-9-8-17-19(21(18)24(34)37)11-27(31)25(38)33(12-29)26(39)28(27,32)22(17)14-3-6-16(35)7-4-14/h2-8,10,18-19,21-22,35H,9,11-12H2,1H3. The number of aryl methyl sites for hydroxylation is 1. The van der Waals surface area contributed by atoms with Gasteiger partial charge in [-0.15, -0.1) is 23.2 Å². The smallest absolute Gasteiger partial charge is 0.254 e. The Morgan fingerprint density at radius 3 is 2.33 bits per heavy atom. The van der Waals surface area contributed by atoms with Gasteiger partial charge >= 0.3 is 0 Å². The highest BCUT2D eigenvalue weighted by atomic mass is 79.9. The van der Waals surface area contributed by atoms with Crippen LogP contribution in [0.4, 0.5) is 5.69 Å². The van der Waals surface area contributed by atoms with E-state index in [-0.39, 0.29) is 30.0 Å². The zero-order valence-electron chi connectivity index (χ0n) is 20.5. The molecule has 7 nitrogen and oxygen atoms in total. The van der Waals surface area contributed by atoms with Crippen LogP contribution < -0.4 is 4.90 Å². The highest BCUT2D eigenvalue weighted by Gasteiger charge is 2.76. The van der Waals surface area contributed by atoms with E-state index in [1.165, 1.54) is 17.0 Å².